The van der Waals surface area contributed by atoms with Crippen molar-refractivity contribution in [3.05, 3.63) is 85.2 Å². The minimum absolute atomic E-state index is 0.0558. The Kier molecular flexibility index (Phi) is 4.79. The number of methoxy groups -OCH3 is 1. The molecule has 2 aromatic carbocycles. The van der Waals surface area contributed by atoms with Crippen LogP contribution in [0.1, 0.15) is 43.1 Å². The predicted octanol–water partition coefficient (Wildman–Crippen LogP) is 4.14. The van der Waals surface area contributed by atoms with Crippen LogP contribution in [0, 0.1) is 6.92 Å². The highest BCUT2D eigenvalue weighted by Crippen LogP contribution is 2.42. The molecule has 1 aliphatic heterocycles. The zero-order chi connectivity index (χ0) is 22.6. The molecule has 4 aromatic rings. The second kappa shape index (κ2) is 7.54. The number of amides is 1. The Labute approximate surface area is 190 Å². The number of hydrogen-bond acceptors (Lipinski definition) is 8. The maximum Gasteiger partial charge on any atom is 0.337 e. The van der Waals surface area contributed by atoms with Gasteiger partial charge >= 0.3 is 5.97 Å². The van der Waals surface area contributed by atoms with E-state index >= 15 is 0 Å². The van der Waals surface area contributed by atoms with Crippen molar-refractivity contribution in [1.29, 1.82) is 0 Å². The highest BCUT2D eigenvalue weighted by molar-refractivity contribution is 7.15. The number of carbonyl (C=O) groups is 2. The molecule has 0 spiro atoms. The van der Waals surface area contributed by atoms with E-state index in [1.807, 2.05) is 0 Å². The number of benzene rings is 2. The van der Waals surface area contributed by atoms with Crippen LogP contribution in [0.4, 0.5) is 5.13 Å². The summed E-state index contributed by atoms with van der Waals surface area (Å²) >= 11 is 7.32. The molecule has 3 heterocycles. The second-order valence-corrected chi connectivity index (χ2v) is 8.71. The SMILES string of the molecule is COC(=O)c1ccc(C2c3c(oc4ccc(Cl)cc4c3=O)C(=O)N2c2nnc(C)s2)cc1. The van der Waals surface area contributed by atoms with Crippen molar-refractivity contribution in [3.63, 3.8) is 0 Å². The summed E-state index contributed by atoms with van der Waals surface area (Å²) in [5.74, 6) is -1.04. The fraction of sp³-hybridized carbons (Fsp3) is 0.136. The normalized spacial score (nSPS) is 15.3. The molecule has 0 aliphatic carbocycles. The first-order chi connectivity index (χ1) is 15.4. The number of esters is 1. The topological polar surface area (TPSA) is 103 Å². The van der Waals surface area contributed by atoms with Crippen molar-refractivity contribution < 1.29 is 18.7 Å². The van der Waals surface area contributed by atoms with Gasteiger partial charge in [-0.05, 0) is 42.8 Å². The van der Waals surface area contributed by atoms with Crippen LogP contribution in [-0.4, -0.2) is 29.2 Å². The molecule has 0 fully saturated rings. The summed E-state index contributed by atoms with van der Waals surface area (Å²) < 4.78 is 10.6. The molecule has 1 atom stereocenters. The monoisotopic (exact) mass is 467 g/mol. The van der Waals surface area contributed by atoms with E-state index in [0.717, 1.165) is 0 Å². The summed E-state index contributed by atoms with van der Waals surface area (Å²) in [7, 11) is 1.29. The standard InChI is InChI=1S/C22H14ClN3O5S/c1-10-24-25-22(32-10)26-17(11-3-5-12(6-4-11)21(29)30-2)16-18(27)14-9-13(23)7-8-15(14)31-19(16)20(26)28/h3-9,17H,1-2H3. The van der Waals surface area contributed by atoms with Crippen molar-refractivity contribution in [2.75, 3.05) is 12.0 Å². The highest BCUT2D eigenvalue weighted by Gasteiger charge is 2.45. The lowest BCUT2D eigenvalue weighted by molar-refractivity contribution is 0.0600. The van der Waals surface area contributed by atoms with E-state index in [1.165, 1.54) is 29.4 Å². The number of fused-ring (bicyclic) bond motifs is 2. The van der Waals surface area contributed by atoms with Gasteiger partial charge in [-0.2, -0.15) is 0 Å². The van der Waals surface area contributed by atoms with Crippen LogP contribution in [0.2, 0.25) is 5.02 Å². The quantitative estimate of drug-likeness (QED) is 0.417. The van der Waals surface area contributed by atoms with Gasteiger partial charge in [-0.25, -0.2) is 4.79 Å². The molecule has 10 heteroatoms. The molecule has 160 valence electrons. The van der Waals surface area contributed by atoms with Gasteiger partial charge in [-0.15, -0.1) is 10.2 Å². The van der Waals surface area contributed by atoms with Crippen LogP contribution in [0.15, 0.2) is 51.7 Å². The van der Waals surface area contributed by atoms with Crippen LogP contribution in [-0.2, 0) is 4.74 Å². The highest BCUT2D eigenvalue weighted by atomic mass is 35.5. The van der Waals surface area contributed by atoms with Crippen molar-refractivity contribution in [2.24, 2.45) is 0 Å². The first kappa shape index (κ1) is 20.3. The number of aromatic nitrogens is 2. The van der Waals surface area contributed by atoms with Crippen molar-refractivity contribution in [3.8, 4) is 0 Å². The Balaban J connectivity index is 1.76. The van der Waals surface area contributed by atoms with E-state index in [2.05, 4.69) is 10.2 Å². The molecular formula is C22H14ClN3O5S. The molecule has 0 saturated heterocycles. The smallest absolute Gasteiger partial charge is 0.337 e. The Morgan fingerprint density at radius 1 is 1.16 bits per heavy atom. The van der Waals surface area contributed by atoms with Crippen LogP contribution < -0.4 is 10.3 Å². The molecule has 0 bridgehead atoms. The first-order valence-corrected chi connectivity index (χ1v) is 10.7. The lowest BCUT2D eigenvalue weighted by atomic mass is 9.98. The Bertz CT molecular complexity index is 1460. The fourth-order valence-corrected chi connectivity index (χ4v) is 4.65. The summed E-state index contributed by atoms with van der Waals surface area (Å²) in [6.07, 6.45) is 0. The van der Waals surface area contributed by atoms with Gasteiger partial charge in [0.05, 0.1) is 29.7 Å². The Morgan fingerprint density at radius 2 is 1.91 bits per heavy atom. The number of ether oxygens (including phenoxy) is 1. The van der Waals surface area contributed by atoms with Crippen molar-refractivity contribution in [2.45, 2.75) is 13.0 Å². The van der Waals surface area contributed by atoms with E-state index in [9.17, 15) is 14.4 Å². The van der Waals surface area contributed by atoms with Gasteiger partial charge < -0.3 is 9.15 Å². The van der Waals surface area contributed by atoms with Crippen LogP contribution in [0.3, 0.4) is 0 Å². The molecule has 1 unspecified atom stereocenters. The third-order valence-electron chi connectivity index (χ3n) is 5.20. The minimum Gasteiger partial charge on any atom is -0.465 e. The summed E-state index contributed by atoms with van der Waals surface area (Å²) in [4.78, 5) is 40.1. The molecule has 0 saturated carbocycles. The van der Waals surface area contributed by atoms with Crippen LogP contribution in [0.5, 0.6) is 0 Å². The Morgan fingerprint density at radius 3 is 2.56 bits per heavy atom. The molecule has 2 aromatic heterocycles. The van der Waals surface area contributed by atoms with Gasteiger partial charge in [-0.3, -0.25) is 14.5 Å². The largest absolute Gasteiger partial charge is 0.465 e. The zero-order valence-corrected chi connectivity index (χ0v) is 18.4. The number of rotatable bonds is 3. The summed E-state index contributed by atoms with van der Waals surface area (Å²) in [6.45, 7) is 1.77. The average molecular weight is 468 g/mol. The van der Waals surface area contributed by atoms with Gasteiger partial charge in [0.1, 0.15) is 10.6 Å². The number of aryl methyl sites for hydroxylation is 1. The van der Waals surface area contributed by atoms with E-state index in [4.69, 9.17) is 20.8 Å². The van der Waals surface area contributed by atoms with Crippen molar-refractivity contribution >= 4 is 50.9 Å². The van der Waals surface area contributed by atoms with Gasteiger partial charge in [0, 0.05) is 5.02 Å². The van der Waals surface area contributed by atoms with Crippen LogP contribution in [0.25, 0.3) is 11.0 Å². The van der Waals surface area contributed by atoms with E-state index in [0.29, 0.717) is 26.3 Å². The van der Waals surface area contributed by atoms with Crippen molar-refractivity contribution in [1.82, 2.24) is 10.2 Å². The fourth-order valence-electron chi connectivity index (χ4n) is 3.76. The molecule has 5 rings (SSSR count). The third-order valence-corrected chi connectivity index (χ3v) is 6.27. The number of nitrogens with zero attached hydrogens (tertiary/aromatic N) is 3. The summed E-state index contributed by atoms with van der Waals surface area (Å²) in [6, 6.07) is 10.3. The van der Waals surface area contributed by atoms with Gasteiger partial charge in [0.25, 0.3) is 5.91 Å². The minimum atomic E-state index is -0.809. The molecule has 8 nitrogen and oxygen atoms in total. The zero-order valence-electron chi connectivity index (χ0n) is 16.8. The van der Waals surface area contributed by atoms with Gasteiger partial charge in [0.15, 0.2) is 5.43 Å². The molecular weight excluding hydrogens is 454 g/mol. The second-order valence-electron chi connectivity index (χ2n) is 7.11. The van der Waals surface area contributed by atoms with Gasteiger partial charge in [-0.1, -0.05) is 35.1 Å². The predicted molar refractivity (Wildman–Crippen MR) is 119 cm³/mol. The average Bonchev–Trinajstić information content (AvgIpc) is 3.35. The lowest BCUT2D eigenvalue weighted by Gasteiger charge is -2.22. The van der Waals surface area contributed by atoms with E-state index in [1.54, 1.807) is 43.3 Å². The number of halogens is 1. The summed E-state index contributed by atoms with van der Waals surface area (Å²) in [5, 5.41) is 9.78. The number of carbonyl (C=O) groups excluding carboxylic acids is 2. The summed E-state index contributed by atoms with van der Waals surface area (Å²) in [5.41, 5.74) is 1.04. The number of hydrogen-bond donors (Lipinski definition) is 0. The molecule has 0 radical (unpaired) electrons. The molecule has 32 heavy (non-hydrogen) atoms. The third kappa shape index (κ3) is 3.09. The maximum absolute atomic E-state index is 13.5. The molecule has 1 aliphatic rings. The van der Waals surface area contributed by atoms with E-state index < -0.39 is 17.9 Å². The Hall–Kier alpha value is -3.56. The van der Waals surface area contributed by atoms with Gasteiger partial charge in [0.2, 0.25) is 10.9 Å². The first-order valence-electron chi connectivity index (χ1n) is 9.47. The van der Waals surface area contributed by atoms with E-state index in [-0.39, 0.29) is 27.7 Å². The number of anilines is 1. The maximum atomic E-state index is 13.5. The van der Waals surface area contributed by atoms with Crippen LogP contribution >= 0.6 is 22.9 Å². The lowest BCUT2D eigenvalue weighted by Crippen LogP contribution is -2.29. The molecule has 0 N–H and O–H groups in total. The molecule has 1 amide bonds.